The Labute approximate surface area is 153 Å². The molecule has 0 aliphatic heterocycles. The zero-order valence-corrected chi connectivity index (χ0v) is 15.0. The van der Waals surface area contributed by atoms with Gasteiger partial charge in [0, 0.05) is 23.8 Å². The quantitative estimate of drug-likeness (QED) is 0.640. The van der Waals surface area contributed by atoms with Crippen LogP contribution >= 0.6 is 11.8 Å². The van der Waals surface area contributed by atoms with Crippen molar-refractivity contribution in [2.75, 3.05) is 6.54 Å². The Morgan fingerprint density at radius 1 is 1.31 bits per heavy atom. The van der Waals surface area contributed by atoms with Crippen molar-refractivity contribution >= 4 is 23.3 Å². The molecule has 7 nitrogen and oxygen atoms in total. The summed E-state index contributed by atoms with van der Waals surface area (Å²) in [5.41, 5.74) is -0.0535. The predicted octanol–water partition coefficient (Wildman–Crippen LogP) is 2.10. The molecule has 0 saturated carbocycles. The Morgan fingerprint density at radius 2 is 2.08 bits per heavy atom. The van der Waals surface area contributed by atoms with E-state index in [1.165, 1.54) is 40.7 Å². The van der Waals surface area contributed by atoms with E-state index in [9.17, 15) is 14.0 Å². The van der Waals surface area contributed by atoms with E-state index in [-0.39, 0.29) is 18.3 Å². The van der Waals surface area contributed by atoms with Crippen molar-refractivity contribution < 1.29 is 9.18 Å². The van der Waals surface area contributed by atoms with E-state index >= 15 is 0 Å². The van der Waals surface area contributed by atoms with Crippen LogP contribution in [0.15, 0.2) is 51.4 Å². The third-order valence-corrected chi connectivity index (χ3v) is 4.63. The molecule has 0 aliphatic rings. The van der Waals surface area contributed by atoms with E-state index < -0.39 is 5.69 Å². The fourth-order valence-electron chi connectivity index (χ4n) is 2.31. The van der Waals surface area contributed by atoms with Gasteiger partial charge in [-0.05, 0) is 30.7 Å². The summed E-state index contributed by atoms with van der Waals surface area (Å²) in [6.07, 6.45) is 4.86. The van der Waals surface area contributed by atoms with E-state index in [0.29, 0.717) is 17.2 Å². The standard InChI is InChI=1S/C17H18FN5O2S/c1-2-3-8-19-14(24)11-23-17(25)22-10-9-20-16(15(22)21-23)26-13-6-4-12(18)5-7-13/h4-7,9-10H,2-3,8,11H2,1H3,(H,19,24). The molecule has 0 atom stereocenters. The topological polar surface area (TPSA) is 81.3 Å². The molecule has 2 heterocycles. The summed E-state index contributed by atoms with van der Waals surface area (Å²) in [5, 5.41) is 7.50. The second-order valence-electron chi connectivity index (χ2n) is 5.63. The first-order chi connectivity index (χ1) is 12.6. The molecule has 3 rings (SSSR count). The van der Waals surface area contributed by atoms with Crippen LogP contribution in [0.4, 0.5) is 4.39 Å². The largest absolute Gasteiger partial charge is 0.354 e. The van der Waals surface area contributed by atoms with Gasteiger partial charge in [0.15, 0.2) is 5.65 Å². The molecule has 0 fully saturated rings. The molecule has 3 aromatic rings. The molecular formula is C17H18FN5O2S. The molecule has 1 aromatic carbocycles. The lowest BCUT2D eigenvalue weighted by Crippen LogP contribution is -2.33. The van der Waals surface area contributed by atoms with E-state index in [1.807, 2.05) is 6.92 Å². The van der Waals surface area contributed by atoms with Crippen molar-refractivity contribution in [2.45, 2.75) is 36.2 Å². The summed E-state index contributed by atoms with van der Waals surface area (Å²) in [4.78, 5) is 29.4. The van der Waals surface area contributed by atoms with Crippen LogP contribution in [-0.4, -0.2) is 31.6 Å². The summed E-state index contributed by atoms with van der Waals surface area (Å²) in [6, 6.07) is 5.96. The lowest BCUT2D eigenvalue weighted by atomic mass is 10.3. The zero-order valence-electron chi connectivity index (χ0n) is 14.2. The number of carbonyl (C=O) groups is 1. The molecule has 0 spiro atoms. The van der Waals surface area contributed by atoms with Crippen molar-refractivity contribution in [2.24, 2.45) is 0 Å². The van der Waals surface area contributed by atoms with Gasteiger partial charge in [-0.3, -0.25) is 4.79 Å². The SMILES string of the molecule is CCCCNC(=O)Cn1nc2c(Sc3ccc(F)cc3)nccn2c1=O. The molecule has 2 aromatic heterocycles. The molecule has 0 saturated heterocycles. The van der Waals surface area contributed by atoms with E-state index in [4.69, 9.17) is 0 Å². The monoisotopic (exact) mass is 375 g/mol. The van der Waals surface area contributed by atoms with Crippen LogP contribution in [0.25, 0.3) is 5.65 Å². The normalized spacial score (nSPS) is 11.0. The summed E-state index contributed by atoms with van der Waals surface area (Å²) >= 11 is 1.27. The lowest BCUT2D eigenvalue weighted by molar-refractivity contribution is -0.121. The number of carbonyl (C=O) groups excluding carboxylic acids is 1. The second kappa shape index (κ2) is 8.13. The van der Waals surface area contributed by atoms with Gasteiger partial charge in [-0.1, -0.05) is 25.1 Å². The van der Waals surface area contributed by atoms with Gasteiger partial charge in [0.05, 0.1) is 0 Å². The van der Waals surface area contributed by atoms with Gasteiger partial charge in [-0.25, -0.2) is 23.3 Å². The van der Waals surface area contributed by atoms with Crippen LogP contribution in [0.2, 0.25) is 0 Å². The van der Waals surface area contributed by atoms with E-state index in [2.05, 4.69) is 15.4 Å². The third-order valence-electron chi connectivity index (χ3n) is 3.64. The van der Waals surface area contributed by atoms with Crippen LogP contribution in [-0.2, 0) is 11.3 Å². The average Bonchev–Trinajstić information content (AvgIpc) is 2.94. The van der Waals surface area contributed by atoms with E-state index in [0.717, 1.165) is 22.4 Å². The number of benzene rings is 1. The van der Waals surface area contributed by atoms with Gasteiger partial charge in [0.1, 0.15) is 17.4 Å². The van der Waals surface area contributed by atoms with Crippen LogP contribution in [0.5, 0.6) is 0 Å². The highest BCUT2D eigenvalue weighted by atomic mass is 32.2. The van der Waals surface area contributed by atoms with Gasteiger partial charge in [0.25, 0.3) is 0 Å². The molecule has 1 N–H and O–H groups in total. The summed E-state index contributed by atoms with van der Waals surface area (Å²) < 4.78 is 15.5. The van der Waals surface area contributed by atoms with E-state index in [1.54, 1.807) is 12.1 Å². The van der Waals surface area contributed by atoms with Crippen molar-refractivity contribution in [1.29, 1.82) is 0 Å². The van der Waals surface area contributed by atoms with Gasteiger partial charge >= 0.3 is 5.69 Å². The highest BCUT2D eigenvalue weighted by molar-refractivity contribution is 7.99. The van der Waals surface area contributed by atoms with Crippen LogP contribution in [0.1, 0.15) is 19.8 Å². The average molecular weight is 375 g/mol. The number of rotatable bonds is 7. The molecule has 9 heteroatoms. The number of nitrogens with zero attached hydrogens (tertiary/aromatic N) is 4. The second-order valence-corrected chi connectivity index (χ2v) is 6.69. The number of unbranched alkanes of at least 4 members (excludes halogenated alkanes) is 1. The Kier molecular flexibility index (Phi) is 5.67. The maximum atomic E-state index is 13.0. The van der Waals surface area contributed by atoms with Gasteiger partial charge in [0.2, 0.25) is 5.91 Å². The van der Waals surface area contributed by atoms with Crippen LogP contribution < -0.4 is 11.0 Å². The smallest absolute Gasteiger partial charge is 0.350 e. The highest BCUT2D eigenvalue weighted by Gasteiger charge is 2.14. The first-order valence-electron chi connectivity index (χ1n) is 8.23. The summed E-state index contributed by atoms with van der Waals surface area (Å²) in [5.74, 6) is -0.584. The van der Waals surface area contributed by atoms with Crippen molar-refractivity contribution in [1.82, 2.24) is 24.5 Å². The molecule has 0 aliphatic carbocycles. The molecule has 26 heavy (non-hydrogen) atoms. The van der Waals surface area contributed by atoms with Crippen LogP contribution in [0.3, 0.4) is 0 Å². The number of nitrogens with one attached hydrogen (secondary N) is 1. The maximum absolute atomic E-state index is 13.0. The third kappa shape index (κ3) is 4.10. The van der Waals surface area contributed by atoms with Crippen molar-refractivity contribution in [3.05, 3.63) is 53.0 Å². The Morgan fingerprint density at radius 3 is 2.81 bits per heavy atom. The molecule has 136 valence electrons. The number of amides is 1. The predicted molar refractivity (Wildman–Crippen MR) is 95.7 cm³/mol. The minimum absolute atomic E-state index is 0.148. The molecule has 0 bridgehead atoms. The minimum Gasteiger partial charge on any atom is -0.354 e. The molecule has 0 unspecified atom stereocenters. The van der Waals surface area contributed by atoms with Gasteiger partial charge in [-0.15, -0.1) is 5.10 Å². The maximum Gasteiger partial charge on any atom is 0.350 e. The molecule has 0 radical (unpaired) electrons. The van der Waals surface area contributed by atoms with Crippen LogP contribution in [0, 0.1) is 5.82 Å². The van der Waals surface area contributed by atoms with Crippen molar-refractivity contribution in [3.8, 4) is 0 Å². The summed E-state index contributed by atoms with van der Waals surface area (Å²) in [7, 11) is 0. The molecular weight excluding hydrogens is 357 g/mol. The zero-order chi connectivity index (χ0) is 18.5. The lowest BCUT2D eigenvalue weighted by Gasteiger charge is -2.02. The van der Waals surface area contributed by atoms with Gasteiger partial charge < -0.3 is 5.32 Å². The first kappa shape index (κ1) is 18.1. The Bertz CT molecular complexity index is 967. The number of aromatic nitrogens is 4. The number of halogens is 1. The fraction of sp³-hybridized carbons (Fsp3) is 0.294. The molecule has 1 amide bonds. The first-order valence-corrected chi connectivity index (χ1v) is 9.04. The number of fused-ring (bicyclic) bond motifs is 1. The minimum atomic E-state index is -0.408. The highest BCUT2D eigenvalue weighted by Crippen LogP contribution is 2.27. The number of hydrogen-bond acceptors (Lipinski definition) is 5. The Balaban J connectivity index is 1.84. The fourth-order valence-corrected chi connectivity index (χ4v) is 3.15. The summed E-state index contributed by atoms with van der Waals surface area (Å²) in [6.45, 7) is 2.46. The van der Waals surface area contributed by atoms with Gasteiger partial charge in [-0.2, -0.15) is 0 Å². The van der Waals surface area contributed by atoms with Crippen molar-refractivity contribution in [3.63, 3.8) is 0 Å². The Hall–Kier alpha value is -2.68. The number of hydrogen-bond donors (Lipinski definition) is 1.